The standard InChI is InChI=1S/C15H18F3N5O/c1-9-12-5-11(6-19-13(12)22-21-9)20-14(24)10-3-2-4-23(7-10)8-15(16,17)18/h5-6,10H,2-4,7-8H2,1H3,(H,20,24)(H,19,21,22)/t10-/m0/s1. The molecule has 3 rings (SSSR count). The number of halogens is 3. The van der Waals surface area contributed by atoms with Crippen LogP contribution in [0.15, 0.2) is 12.3 Å². The number of piperidine rings is 1. The smallest absolute Gasteiger partial charge is 0.324 e. The Balaban J connectivity index is 1.65. The molecule has 24 heavy (non-hydrogen) atoms. The number of alkyl halides is 3. The van der Waals surface area contributed by atoms with Crippen molar-refractivity contribution in [3.05, 3.63) is 18.0 Å². The van der Waals surface area contributed by atoms with Gasteiger partial charge in [-0.3, -0.25) is 14.8 Å². The number of aromatic nitrogens is 3. The van der Waals surface area contributed by atoms with E-state index >= 15 is 0 Å². The molecule has 2 aromatic rings. The highest BCUT2D eigenvalue weighted by Gasteiger charge is 2.34. The molecule has 1 amide bonds. The van der Waals surface area contributed by atoms with E-state index in [4.69, 9.17) is 0 Å². The average Bonchev–Trinajstić information content (AvgIpc) is 2.87. The molecule has 1 aliphatic heterocycles. The maximum Gasteiger partial charge on any atom is 0.401 e. The van der Waals surface area contributed by atoms with Crippen LogP contribution in [0, 0.1) is 12.8 Å². The van der Waals surface area contributed by atoms with Crippen LogP contribution >= 0.6 is 0 Å². The lowest BCUT2D eigenvalue weighted by molar-refractivity contribution is -0.151. The van der Waals surface area contributed by atoms with Gasteiger partial charge in [-0.2, -0.15) is 18.3 Å². The molecule has 3 heterocycles. The minimum atomic E-state index is -4.24. The van der Waals surface area contributed by atoms with Gasteiger partial charge in [0.25, 0.3) is 0 Å². The fourth-order valence-electron chi connectivity index (χ4n) is 3.00. The summed E-state index contributed by atoms with van der Waals surface area (Å²) in [5.41, 5.74) is 1.91. The number of nitrogens with zero attached hydrogens (tertiary/aromatic N) is 3. The summed E-state index contributed by atoms with van der Waals surface area (Å²) in [6, 6.07) is 1.76. The van der Waals surface area contributed by atoms with E-state index in [9.17, 15) is 18.0 Å². The van der Waals surface area contributed by atoms with Crippen LogP contribution in [0.25, 0.3) is 11.0 Å². The van der Waals surface area contributed by atoms with E-state index in [-0.39, 0.29) is 12.5 Å². The Morgan fingerprint density at radius 1 is 1.50 bits per heavy atom. The van der Waals surface area contributed by atoms with Crippen molar-refractivity contribution >= 4 is 22.6 Å². The molecule has 9 heteroatoms. The van der Waals surface area contributed by atoms with Crippen molar-refractivity contribution in [3.63, 3.8) is 0 Å². The molecule has 0 aliphatic carbocycles. The van der Waals surface area contributed by atoms with E-state index in [0.717, 1.165) is 11.1 Å². The summed E-state index contributed by atoms with van der Waals surface area (Å²) in [6.45, 7) is 1.36. The predicted molar refractivity (Wildman–Crippen MR) is 82.5 cm³/mol. The minimum Gasteiger partial charge on any atom is -0.324 e. The third-order valence-corrected chi connectivity index (χ3v) is 4.15. The second-order valence-electron chi connectivity index (χ2n) is 6.12. The van der Waals surface area contributed by atoms with Gasteiger partial charge in [0.1, 0.15) is 0 Å². The van der Waals surface area contributed by atoms with Crippen molar-refractivity contribution in [2.75, 3.05) is 25.0 Å². The lowest BCUT2D eigenvalue weighted by atomic mass is 9.97. The molecule has 1 atom stereocenters. The first-order valence-electron chi connectivity index (χ1n) is 7.72. The molecule has 0 saturated carbocycles. The van der Waals surface area contributed by atoms with Crippen molar-refractivity contribution in [2.24, 2.45) is 5.92 Å². The van der Waals surface area contributed by atoms with E-state index in [1.54, 1.807) is 6.07 Å². The molecular formula is C15H18F3N5O. The topological polar surface area (TPSA) is 73.9 Å². The summed E-state index contributed by atoms with van der Waals surface area (Å²) in [7, 11) is 0. The van der Waals surface area contributed by atoms with Crippen molar-refractivity contribution < 1.29 is 18.0 Å². The normalized spacial score (nSPS) is 19.6. The number of carbonyl (C=O) groups is 1. The largest absolute Gasteiger partial charge is 0.401 e. The summed E-state index contributed by atoms with van der Waals surface area (Å²) in [5, 5.41) is 10.4. The van der Waals surface area contributed by atoms with Crippen LogP contribution in [0.2, 0.25) is 0 Å². The van der Waals surface area contributed by atoms with Gasteiger partial charge in [0.05, 0.1) is 24.3 Å². The third-order valence-electron chi connectivity index (χ3n) is 4.15. The second kappa shape index (κ2) is 6.39. The maximum absolute atomic E-state index is 12.5. The van der Waals surface area contributed by atoms with Crippen LogP contribution in [0.5, 0.6) is 0 Å². The number of carbonyl (C=O) groups excluding carboxylic acids is 1. The Hall–Kier alpha value is -2.16. The zero-order chi connectivity index (χ0) is 17.3. The Morgan fingerprint density at radius 3 is 3.04 bits per heavy atom. The number of amides is 1. The van der Waals surface area contributed by atoms with Gasteiger partial charge in [-0.1, -0.05) is 0 Å². The Morgan fingerprint density at radius 2 is 2.29 bits per heavy atom. The summed E-state index contributed by atoms with van der Waals surface area (Å²) in [4.78, 5) is 17.8. The molecule has 6 nitrogen and oxygen atoms in total. The van der Waals surface area contributed by atoms with Crippen molar-refractivity contribution in [2.45, 2.75) is 25.9 Å². The monoisotopic (exact) mass is 341 g/mol. The quantitative estimate of drug-likeness (QED) is 0.899. The highest BCUT2D eigenvalue weighted by molar-refractivity contribution is 5.94. The SMILES string of the molecule is Cc1[nH]nc2ncc(NC(=O)[C@H]3CCCN(CC(F)(F)F)C3)cc12. The lowest BCUT2D eigenvalue weighted by Gasteiger charge is -2.32. The Bertz CT molecular complexity index is 742. The van der Waals surface area contributed by atoms with Crippen molar-refractivity contribution in [3.8, 4) is 0 Å². The molecule has 2 aromatic heterocycles. The van der Waals surface area contributed by atoms with Gasteiger partial charge in [0, 0.05) is 17.6 Å². The fraction of sp³-hybridized carbons (Fsp3) is 0.533. The fourth-order valence-corrected chi connectivity index (χ4v) is 3.00. The number of aromatic amines is 1. The maximum atomic E-state index is 12.5. The van der Waals surface area contributed by atoms with E-state index in [1.165, 1.54) is 11.1 Å². The summed E-state index contributed by atoms with van der Waals surface area (Å²) in [5.74, 6) is -0.730. The first-order valence-corrected chi connectivity index (χ1v) is 7.72. The molecule has 1 fully saturated rings. The molecule has 130 valence electrons. The molecule has 1 aliphatic rings. The van der Waals surface area contributed by atoms with Gasteiger partial charge in [0.2, 0.25) is 5.91 Å². The molecular weight excluding hydrogens is 323 g/mol. The van der Waals surface area contributed by atoms with Crippen LogP contribution in [0.4, 0.5) is 18.9 Å². The number of fused-ring (bicyclic) bond motifs is 1. The number of pyridine rings is 1. The number of likely N-dealkylation sites (tertiary alicyclic amines) is 1. The zero-order valence-electron chi connectivity index (χ0n) is 13.2. The van der Waals surface area contributed by atoms with E-state index in [2.05, 4.69) is 20.5 Å². The van der Waals surface area contributed by atoms with Crippen molar-refractivity contribution in [1.29, 1.82) is 0 Å². The van der Waals surface area contributed by atoms with Gasteiger partial charge < -0.3 is 5.32 Å². The van der Waals surface area contributed by atoms with E-state index in [0.29, 0.717) is 30.7 Å². The molecule has 0 aromatic carbocycles. The lowest BCUT2D eigenvalue weighted by Crippen LogP contribution is -2.44. The number of rotatable bonds is 3. The van der Waals surface area contributed by atoms with E-state index < -0.39 is 18.6 Å². The zero-order valence-corrected chi connectivity index (χ0v) is 13.2. The van der Waals surface area contributed by atoms with Crippen LogP contribution in [-0.2, 0) is 4.79 Å². The average molecular weight is 341 g/mol. The van der Waals surface area contributed by atoms with Gasteiger partial charge >= 0.3 is 6.18 Å². The number of aryl methyl sites for hydroxylation is 1. The van der Waals surface area contributed by atoms with Gasteiger partial charge in [-0.05, 0) is 32.4 Å². The molecule has 1 saturated heterocycles. The van der Waals surface area contributed by atoms with Gasteiger partial charge in [-0.25, -0.2) is 4.98 Å². The summed E-state index contributed by atoms with van der Waals surface area (Å²) >= 11 is 0. The predicted octanol–water partition coefficient (Wildman–Crippen LogP) is 2.48. The molecule has 0 spiro atoms. The molecule has 2 N–H and O–H groups in total. The number of hydrogen-bond donors (Lipinski definition) is 2. The number of anilines is 1. The second-order valence-corrected chi connectivity index (χ2v) is 6.12. The number of nitrogens with one attached hydrogen (secondary N) is 2. The van der Waals surface area contributed by atoms with Gasteiger partial charge in [-0.15, -0.1) is 0 Å². The minimum absolute atomic E-state index is 0.117. The number of hydrogen-bond acceptors (Lipinski definition) is 4. The summed E-state index contributed by atoms with van der Waals surface area (Å²) < 4.78 is 37.5. The molecule has 0 bridgehead atoms. The highest BCUT2D eigenvalue weighted by Crippen LogP contribution is 2.24. The first kappa shape index (κ1) is 16.7. The molecule has 0 radical (unpaired) electrons. The molecule has 0 unspecified atom stereocenters. The van der Waals surface area contributed by atoms with Crippen LogP contribution in [-0.4, -0.2) is 51.8 Å². The Labute approximate surface area is 136 Å². The Kier molecular flexibility index (Phi) is 4.44. The van der Waals surface area contributed by atoms with Crippen LogP contribution in [0.1, 0.15) is 18.5 Å². The number of H-pyrrole nitrogens is 1. The van der Waals surface area contributed by atoms with Crippen LogP contribution in [0.3, 0.4) is 0 Å². The summed E-state index contributed by atoms with van der Waals surface area (Å²) in [6.07, 6.45) is -1.59. The third kappa shape index (κ3) is 3.84. The van der Waals surface area contributed by atoms with Crippen LogP contribution < -0.4 is 5.32 Å². The van der Waals surface area contributed by atoms with E-state index in [1.807, 2.05) is 6.92 Å². The first-order chi connectivity index (χ1) is 11.3. The van der Waals surface area contributed by atoms with Crippen molar-refractivity contribution in [1.82, 2.24) is 20.1 Å². The van der Waals surface area contributed by atoms with Gasteiger partial charge in [0.15, 0.2) is 5.65 Å². The highest BCUT2D eigenvalue weighted by atomic mass is 19.4.